The van der Waals surface area contributed by atoms with Gasteiger partial charge in [0.2, 0.25) is 5.91 Å². The predicted molar refractivity (Wildman–Crippen MR) is 99.2 cm³/mol. The largest absolute Gasteiger partial charge is 0.387 e. The fourth-order valence-electron chi connectivity index (χ4n) is 3.21. The topological polar surface area (TPSA) is 66.6 Å². The molecule has 0 radical (unpaired) electrons. The molecule has 3 unspecified atom stereocenters. The van der Waals surface area contributed by atoms with Gasteiger partial charge in [0, 0.05) is 17.5 Å². The Morgan fingerprint density at radius 3 is 2.71 bits per heavy atom. The highest BCUT2D eigenvalue weighted by atomic mass is 35.5. The van der Waals surface area contributed by atoms with Crippen LogP contribution in [0, 0.1) is 0 Å². The van der Waals surface area contributed by atoms with E-state index in [-0.39, 0.29) is 24.4 Å². The van der Waals surface area contributed by atoms with Crippen LogP contribution < -0.4 is 5.73 Å². The Balaban J connectivity index is 0.00000208. The summed E-state index contributed by atoms with van der Waals surface area (Å²) in [6.07, 6.45) is 1.96. The van der Waals surface area contributed by atoms with Gasteiger partial charge < -0.3 is 15.7 Å². The molecular weight excluding hydrogens is 344 g/mol. The maximum Gasteiger partial charge on any atom is 0.244 e. The molecule has 1 saturated heterocycles. The predicted octanol–water partition coefficient (Wildman–Crippen LogP) is 3.28. The number of carbonyl (C=O) groups excluding carboxylic acids is 1. The van der Waals surface area contributed by atoms with Crippen molar-refractivity contribution in [2.75, 3.05) is 6.54 Å². The van der Waals surface area contributed by atoms with Crippen LogP contribution in [0.3, 0.4) is 0 Å². The van der Waals surface area contributed by atoms with Crippen LogP contribution in [0.4, 0.5) is 0 Å². The molecule has 1 fully saturated rings. The SMILES string of the molecule is Cl.NC(C(=O)N1CCCC1CC(O)c1cccs1)c1ccccc1. The van der Waals surface area contributed by atoms with Crippen LogP contribution in [0.5, 0.6) is 0 Å². The summed E-state index contributed by atoms with van der Waals surface area (Å²) in [5, 5.41) is 12.3. The summed E-state index contributed by atoms with van der Waals surface area (Å²) in [5.41, 5.74) is 6.99. The zero-order valence-electron chi connectivity index (χ0n) is 13.4. The minimum Gasteiger partial charge on any atom is -0.387 e. The summed E-state index contributed by atoms with van der Waals surface area (Å²) in [7, 11) is 0. The molecule has 1 aliphatic rings. The van der Waals surface area contributed by atoms with Gasteiger partial charge in [0.1, 0.15) is 6.04 Å². The molecule has 4 nitrogen and oxygen atoms in total. The number of amides is 1. The van der Waals surface area contributed by atoms with Gasteiger partial charge in [0.05, 0.1) is 6.10 Å². The highest BCUT2D eigenvalue weighted by Crippen LogP contribution is 2.30. The number of nitrogens with zero attached hydrogens (tertiary/aromatic N) is 1. The van der Waals surface area contributed by atoms with Crippen LogP contribution in [-0.4, -0.2) is 28.5 Å². The Kier molecular flexibility index (Phi) is 6.80. The molecule has 3 N–H and O–H groups in total. The van der Waals surface area contributed by atoms with E-state index in [9.17, 15) is 9.90 Å². The van der Waals surface area contributed by atoms with Crippen molar-refractivity contribution >= 4 is 29.7 Å². The molecule has 130 valence electrons. The van der Waals surface area contributed by atoms with Crippen LogP contribution >= 0.6 is 23.7 Å². The number of nitrogens with two attached hydrogens (primary N) is 1. The summed E-state index contributed by atoms with van der Waals surface area (Å²) < 4.78 is 0. The van der Waals surface area contributed by atoms with Gasteiger partial charge in [-0.15, -0.1) is 23.7 Å². The van der Waals surface area contributed by atoms with E-state index in [0.717, 1.165) is 29.8 Å². The van der Waals surface area contributed by atoms with Crippen LogP contribution in [0.25, 0.3) is 0 Å². The second kappa shape index (κ2) is 8.62. The molecule has 3 atom stereocenters. The number of aliphatic hydroxyl groups is 1. The third kappa shape index (κ3) is 4.16. The monoisotopic (exact) mass is 366 g/mol. The summed E-state index contributed by atoms with van der Waals surface area (Å²) >= 11 is 1.55. The van der Waals surface area contributed by atoms with E-state index in [0.29, 0.717) is 6.42 Å². The third-order valence-corrected chi connectivity index (χ3v) is 5.43. The van der Waals surface area contributed by atoms with E-state index >= 15 is 0 Å². The lowest BCUT2D eigenvalue weighted by Gasteiger charge is -2.28. The Morgan fingerprint density at radius 1 is 1.29 bits per heavy atom. The minimum atomic E-state index is -0.629. The van der Waals surface area contributed by atoms with Crippen molar-refractivity contribution in [3.8, 4) is 0 Å². The van der Waals surface area contributed by atoms with E-state index in [1.165, 1.54) is 0 Å². The molecule has 0 saturated carbocycles. The Hall–Kier alpha value is -1.40. The first-order chi connectivity index (χ1) is 11.2. The molecular formula is C18H23ClN2O2S. The van der Waals surface area contributed by atoms with Crippen LogP contribution in [-0.2, 0) is 4.79 Å². The van der Waals surface area contributed by atoms with Crippen molar-refractivity contribution in [1.82, 2.24) is 4.90 Å². The van der Waals surface area contributed by atoms with Crippen molar-refractivity contribution in [3.63, 3.8) is 0 Å². The maximum absolute atomic E-state index is 12.7. The van der Waals surface area contributed by atoms with Gasteiger partial charge in [-0.3, -0.25) is 4.79 Å². The van der Waals surface area contributed by atoms with Gasteiger partial charge >= 0.3 is 0 Å². The van der Waals surface area contributed by atoms with Gasteiger partial charge in [-0.2, -0.15) is 0 Å². The molecule has 3 rings (SSSR count). The van der Waals surface area contributed by atoms with Crippen LogP contribution in [0.2, 0.25) is 0 Å². The van der Waals surface area contributed by atoms with E-state index in [1.54, 1.807) is 11.3 Å². The first-order valence-electron chi connectivity index (χ1n) is 7.99. The number of hydrogen-bond donors (Lipinski definition) is 2. The average molecular weight is 367 g/mol. The second-order valence-electron chi connectivity index (χ2n) is 5.98. The molecule has 24 heavy (non-hydrogen) atoms. The van der Waals surface area contributed by atoms with Gasteiger partial charge in [-0.1, -0.05) is 36.4 Å². The maximum atomic E-state index is 12.7. The molecule has 1 aromatic heterocycles. The lowest BCUT2D eigenvalue weighted by Crippen LogP contribution is -2.42. The van der Waals surface area contributed by atoms with Crippen LogP contribution in [0.1, 0.15) is 41.8 Å². The normalized spacial score (nSPS) is 19.6. The quantitative estimate of drug-likeness (QED) is 0.853. The zero-order valence-corrected chi connectivity index (χ0v) is 15.0. The lowest BCUT2D eigenvalue weighted by atomic mass is 10.0. The standard InChI is InChI=1S/C18H22N2O2S.ClH/c19-17(13-6-2-1-3-7-13)18(22)20-10-4-8-14(20)12-15(21)16-9-5-11-23-16;/h1-3,5-7,9,11,14-15,17,21H,4,8,10,12,19H2;1H. The molecule has 6 heteroatoms. The first-order valence-corrected chi connectivity index (χ1v) is 8.87. The molecule has 2 aromatic rings. The smallest absolute Gasteiger partial charge is 0.244 e. The van der Waals surface area contributed by atoms with Gasteiger partial charge in [0.25, 0.3) is 0 Å². The molecule has 1 aliphatic heterocycles. The van der Waals surface area contributed by atoms with Crippen molar-refractivity contribution in [2.45, 2.75) is 37.5 Å². The molecule has 0 bridgehead atoms. The summed E-state index contributed by atoms with van der Waals surface area (Å²) in [6.45, 7) is 0.723. The van der Waals surface area contributed by atoms with E-state index < -0.39 is 12.1 Å². The first kappa shape index (κ1) is 18.9. The fraction of sp³-hybridized carbons (Fsp3) is 0.389. The summed E-state index contributed by atoms with van der Waals surface area (Å²) in [5.74, 6) is -0.0444. The van der Waals surface area contributed by atoms with Crippen molar-refractivity contribution in [1.29, 1.82) is 0 Å². The van der Waals surface area contributed by atoms with Crippen LogP contribution in [0.15, 0.2) is 47.8 Å². The number of halogens is 1. The third-order valence-electron chi connectivity index (χ3n) is 4.45. The number of likely N-dealkylation sites (tertiary alicyclic amines) is 1. The number of benzene rings is 1. The minimum absolute atomic E-state index is 0. The molecule has 0 spiro atoms. The fourth-order valence-corrected chi connectivity index (χ4v) is 3.93. The second-order valence-corrected chi connectivity index (χ2v) is 6.96. The number of thiophene rings is 1. The van der Waals surface area contributed by atoms with Crippen molar-refractivity contribution < 1.29 is 9.90 Å². The van der Waals surface area contributed by atoms with Gasteiger partial charge in [-0.25, -0.2) is 0 Å². The number of aliphatic hydroxyl groups excluding tert-OH is 1. The number of rotatable bonds is 5. The zero-order chi connectivity index (χ0) is 16.2. The van der Waals surface area contributed by atoms with Crippen molar-refractivity contribution in [2.24, 2.45) is 5.73 Å². The van der Waals surface area contributed by atoms with Gasteiger partial charge in [0.15, 0.2) is 0 Å². The van der Waals surface area contributed by atoms with Gasteiger partial charge in [-0.05, 0) is 36.3 Å². The molecule has 2 heterocycles. The Bertz CT molecular complexity index is 636. The highest BCUT2D eigenvalue weighted by Gasteiger charge is 2.33. The van der Waals surface area contributed by atoms with E-state index in [2.05, 4.69) is 0 Å². The lowest BCUT2D eigenvalue weighted by molar-refractivity contribution is -0.134. The summed E-state index contributed by atoms with van der Waals surface area (Å²) in [6, 6.07) is 12.8. The number of carbonyl (C=O) groups is 1. The molecule has 1 amide bonds. The number of hydrogen-bond acceptors (Lipinski definition) is 4. The summed E-state index contributed by atoms with van der Waals surface area (Å²) in [4.78, 5) is 15.6. The van der Waals surface area contributed by atoms with Crippen molar-refractivity contribution in [3.05, 3.63) is 58.3 Å². The molecule has 1 aromatic carbocycles. The Morgan fingerprint density at radius 2 is 2.04 bits per heavy atom. The van der Waals surface area contributed by atoms with E-state index in [1.807, 2.05) is 52.7 Å². The average Bonchev–Trinajstić information content (AvgIpc) is 3.26. The highest BCUT2D eigenvalue weighted by molar-refractivity contribution is 7.10. The Labute approximate surface area is 152 Å². The molecule has 0 aliphatic carbocycles. The van der Waals surface area contributed by atoms with E-state index in [4.69, 9.17) is 5.73 Å².